The summed E-state index contributed by atoms with van der Waals surface area (Å²) in [6.07, 6.45) is 1.65. The minimum atomic E-state index is -0.718. The summed E-state index contributed by atoms with van der Waals surface area (Å²) in [5, 5.41) is 11.9. The number of halogens is 1. The first kappa shape index (κ1) is 25.0. The molecule has 8 heteroatoms. The Labute approximate surface area is 210 Å². The van der Waals surface area contributed by atoms with E-state index in [2.05, 4.69) is 11.5 Å². The van der Waals surface area contributed by atoms with Crippen LogP contribution in [-0.2, 0) is 14.3 Å². The van der Waals surface area contributed by atoms with Crippen molar-refractivity contribution in [3.63, 3.8) is 0 Å². The maximum absolute atomic E-state index is 13.2. The van der Waals surface area contributed by atoms with Gasteiger partial charge in [-0.1, -0.05) is 36.4 Å². The highest BCUT2D eigenvalue weighted by Crippen LogP contribution is 2.40. The number of ketones is 1. The molecule has 0 spiro atoms. The van der Waals surface area contributed by atoms with Gasteiger partial charge in [-0.05, 0) is 48.4 Å². The minimum absolute atomic E-state index is 0.0714. The van der Waals surface area contributed by atoms with Gasteiger partial charge in [0.1, 0.15) is 18.1 Å². The fourth-order valence-corrected chi connectivity index (χ4v) is 4.59. The number of carbonyl (C=O) groups is 2. The van der Waals surface area contributed by atoms with E-state index >= 15 is 0 Å². The Morgan fingerprint density at radius 1 is 1.17 bits per heavy atom. The van der Waals surface area contributed by atoms with Crippen molar-refractivity contribution in [3.8, 4) is 5.75 Å². The van der Waals surface area contributed by atoms with E-state index in [1.165, 1.54) is 0 Å². The van der Waals surface area contributed by atoms with Gasteiger partial charge >= 0.3 is 0 Å². The van der Waals surface area contributed by atoms with E-state index in [0.717, 1.165) is 18.7 Å². The largest absolute Gasteiger partial charge is 0.507 e. The lowest BCUT2D eigenvalue weighted by Gasteiger charge is -2.31. The smallest absolute Gasteiger partial charge is 0.295 e. The summed E-state index contributed by atoms with van der Waals surface area (Å²) >= 11 is 6.10. The van der Waals surface area contributed by atoms with Crippen LogP contribution in [-0.4, -0.2) is 72.6 Å². The molecule has 1 N–H and O–H groups in total. The van der Waals surface area contributed by atoms with Gasteiger partial charge in [0.15, 0.2) is 0 Å². The van der Waals surface area contributed by atoms with Crippen molar-refractivity contribution in [1.29, 1.82) is 0 Å². The van der Waals surface area contributed by atoms with Crippen molar-refractivity contribution in [2.24, 2.45) is 0 Å². The monoisotopic (exact) mass is 496 g/mol. The zero-order valence-corrected chi connectivity index (χ0v) is 20.5. The number of amides is 1. The number of likely N-dealkylation sites (tertiary alicyclic amines) is 1. The molecule has 0 bridgehead atoms. The average molecular weight is 497 g/mol. The summed E-state index contributed by atoms with van der Waals surface area (Å²) in [5.41, 5.74) is 1.97. The Morgan fingerprint density at radius 3 is 2.54 bits per heavy atom. The Kier molecular flexibility index (Phi) is 7.90. The third kappa shape index (κ3) is 5.42. The second-order valence-corrected chi connectivity index (χ2v) is 9.01. The Balaban J connectivity index is 1.72. The molecule has 1 unspecified atom stereocenters. The summed E-state index contributed by atoms with van der Waals surface area (Å²) in [6.45, 7) is 9.61. The lowest BCUT2D eigenvalue weighted by molar-refractivity contribution is -0.140. The number of hydrogen-bond acceptors (Lipinski definition) is 6. The summed E-state index contributed by atoms with van der Waals surface area (Å²) in [5.74, 6) is -0.900. The highest BCUT2D eigenvalue weighted by molar-refractivity contribution is 6.46. The second kappa shape index (κ2) is 11.1. The van der Waals surface area contributed by atoms with Crippen molar-refractivity contribution < 1.29 is 24.2 Å². The highest BCUT2D eigenvalue weighted by atomic mass is 35.5. The number of nitrogens with zero attached hydrogens (tertiary/aromatic N) is 2. The topological polar surface area (TPSA) is 79.3 Å². The summed E-state index contributed by atoms with van der Waals surface area (Å²) < 4.78 is 11.0. The average Bonchev–Trinajstić information content (AvgIpc) is 3.12. The molecule has 2 heterocycles. The quantitative estimate of drug-likeness (QED) is 0.258. The van der Waals surface area contributed by atoms with E-state index in [1.54, 1.807) is 53.4 Å². The lowest BCUT2D eigenvalue weighted by atomic mass is 9.94. The Bertz CT molecular complexity index is 1140. The molecule has 2 aliphatic rings. The van der Waals surface area contributed by atoms with Gasteiger partial charge in [0.25, 0.3) is 11.7 Å². The first-order chi connectivity index (χ1) is 16.9. The molecule has 4 rings (SSSR count). The van der Waals surface area contributed by atoms with Crippen LogP contribution < -0.4 is 4.74 Å². The maximum atomic E-state index is 13.2. The summed E-state index contributed by atoms with van der Waals surface area (Å²) in [7, 11) is 0. The molecule has 2 saturated heterocycles. The van der Waals surface area contributed by atoms with Crippen LogP contribution in [0, 0.1) is 6.92 Å². The number of hydrogen-bond donors (Lipinski definition) is 1. The molecule has 0 aliphatic carbocycles. The van der Waals surface area contributed by atoms with Crippen LogP contribution in [0.2, 0.25) is 5.02 Å². The van der Waals surface area contributed by atoms with Crippen LogP contribution in [0.4, 0.5) is 0 Å². The van der Waals surface area contributed by atoms with Gasteiger partial charge in [0, 0.05) is 36.8 Å². The molecule has 7 nitrogen and oxygen atoms in total. The molecular weight excluding hydrogens is 468 g/mol. The zero-order valence-electron chi connectivity index (χ0n) is 19.7. The molecule has 0 radical (unpaired) electrons. The Hall–Kier alpha value is -3.13. The van der Waals surface area contributed by atoms with Gasteiger partial charge in [-0.2, -0.15) is 0 Å². The molecule has 2 aromatic rings. The third-order valence-electron chi connectivity index (χ3n) is 6.31. The predicted molar refractivity (Wildman–Crippen MR) is 135 cm³/mol. The van der Waals surface area contributed by atoms with E-state index in [9.17, 15) is 14.7 Å². The van der Waals surface area contributed by atoms with Crippen LogP contribution in [0.5, 0.6) is 5.75 Å². The van der Waals surface area contributed by atoms with Gasteiger partial charge in [-0.3, -0.25) is 14.5 Å². The van der Waals surface area contributed by atoms with Crippen molar-refractivity contribution in [3.05, 3.63) is 82.4 Å². The SMILES string of the molecule is C=CCOc1ccc(C(O)=C2C(=O)C(=O)N(CCN3CCOCC3)C2c2ccc(Cl)cc2)c(C)c1. The lowest BCUT2D eigenvalue weighted by Crippen LogP contribution is -2.42. The maximum Gasteiger partial charge on any atom is 0.295 e. The fraction of sp³-hybridized carbons (Fsp3) is 0.333. The van der Waals surface area contributed by atoms with Gasteiger partial charge in [-0.15, -0.1) is 0 Å². The Morgan fingerprint density at radius 2 is 1.89 bits per heavy atom. The first-order valence-electron chi connectivity index (χ1n) is 11.6. The molecule has 2 fully saturated rings. The van der Waals surface area contributed by atoms with Crippen LogP contribution in [0.25, 0.3) is 5.76 Å². The molecule has 184 valence electrons. The van der Waals surface area contributed by atoms with E-state index in [0.29, 0.717) is 54.8 Å². The van der Waals surface area contributed by atoms with Crippen LogP contribution in [0.15, 0.2) is 60.7 Å². The number of rotatable bonds is 8. The van der Waals surface area contributed by atoms with Crippen LogP contribution in [0.3, 0.4) is 0 Å². The number of Topliss-reactive ketones (excluding diaryl/α,β-unsaturated/α-hetero) is 1. The highest BCUT2D eigenvalue weighted by Gasteiger charge is 2.46. The molecule has 2 aliphatic heterocycles. The molecular formula is C27H29ClN2O5. The molecule has 2 aromatic carbocycles. The molecule has 0 saturated carbocycles. The number of aliphatic hydroxyl groups is 1. The van der Waals surface area contributed by atoms with E-state index < -0.39 is 17.7 Å². The van der Waals surface area contributed by atoms with Gasteiger partial charge in [0.05, 0.1) is 24.8 Å². The standard InChI is InChI=1S/C27H29ClN2O5/c1-3-14-35-21-8-9-22(18(2)17-21)25(31)23-24(19-4-6-20(28)7-5-19)30(27(33)26(23)32)11-10-29-12-15-34-16-13-29/h3-9,17,24,31H,1,10-16H2,2H3. The van der Waals surface area contributed by atoms with E-state index in [4.69, 9.17) is 21.1 Å². The van der Waals surface area contributed by atoms with Gasteiger partial charge in [-0.25, -0.2) is 0 Å². The summed E-state index contributed by atoms with van der Waals surface area (Å²) in [4.78, 5) is 30.2. The second-order valence-electron chi connectivity index (χ2n) is 8.57. The number of morpholine rings is 1. The van der Waals surface area contributed by atoms with Crippen LogP contribution >= 0.6 is 11.6 Å². The normalized spacial score (nSPS) is 20.3. The van der Waals surface area contributed by atoms with Crippen molar-refractivity contribution >= 4 is 29.1 Å². The zero-order chi connectivity index (χ0) is 24.9. The van der Waals surface area contributed by atoms with Crippen molar-refractivity contribution in [1.82, 2.24) is 9.80 Å². The van der Waals surface area contributed by atoms with E-state index in [-0.39, 0.29) is 11.3 Å². The molecule has 1 amide bonds. The molecule has 1 atom stereocenters. The van der Waals surface area contributed by atoms with Crippen molar-refractivity contribution in [2.45, 2.75) is 13.0 Å². The minimum Gasteiger partial charge on any atom is -0.507 e. The van der Waals surface area contributed by atoms with Crippen LogP contribution in [0.1, 0.15) is 22.7 Å². The summed E-state index contributed by atoms with van der Waals surface area (Å²) in [6, 6.07) is 11.5. The molecule has 0 aromatic heterocycles. The first-order valence-corrected chi connectivity index (χ1v) is 12.0. The predicted octanol–water partition coefficient (Wildman–Crippen LogP) is 3.97. The number of aryl methyl sites for hydroxylation is 1. The number of benzene rings is 2. The number of ether oxygens (including phenoxy) is 2. The number of aliphatic hydroxyl groups excluding tert-OH is 1. The van der Waals surface area contributed by atoms with Gasteiger partial charge in [0.2, 0.25) is 0 Å². The van der Waals surface area contributed by atoms with Crippen molar-refractivity contribution in [2.75, 3.05) is 46.0 Å². The third-order valence-corrected chi connectivity index (χ3v) is 6.56. The van der Waals surface area contributed by atoms with Gasteiger partial charge < -0.3 is 19.5 Å². The van der Waals surface area contributed by atoms with E-state index in [1.807, 2.05) is 6.92 Å². The number of carbonyl (C=O) groups excluding carboxylic acids is 2. The fourth-order valence-electron chi connectivity index (χ4n) is 4.47. The molecule has 35 heavy (non-hydrogen) atoms.